The van der Waals surface area contributed by atoms with E-state index in [0.717, 1.165) is 32.2 Å². The average Bonchev–Trinajstić information content (AvgIpc) is 3.08. The summed E-state index contributed by atoms with van der Waals surface area (Å²) >= 11 is 7.42. The van der Waals surface area contributed by atoms with Gasteiger partial charge in [0.05, 0.1) is 0 Å². The van der Waals surface area contributed by atoms with Gasteiger partial charge in [-0.05, 0) is 67.1 Å². The van der Waals surface area contributed by atoms with Crippen LogP contribution in [0.4, 0.5) is 5.69 Å². The van der Waals surface area contributed by atoms with Crippen molar-refractivity contribution in [2.75, 3.05) is 5.32 Å². The quantitative estimate of drug-likeness (QED) is 0.506. The zero-order valence-electron chi connectivity index (χ0n) is 13.9. The van der Waals surface area contributed by atoms with Gasteiger partial charge in [-0.3, -0.25) is 4.79 Å². The van der Waals surface area contributed by atoms with Gasteiger partial charge in [0, 0.05) is 28.0 Å². The number of aryl methyl sites for hydroxylation is 1. The second-order valence-corrected chi connectivity index (χ2v) is 7.25. The third kappa shape index (κ3) is 3.31. The smallest absolute Gasteiger partial charge is 0.255 e. The van der Waals surface area contributed by atoms with Gasteiger partial charge in [0.25, 0.3) is 5.91 Å². The van der Waals surface area contributed by atoms with Crippen LogP contribution >= 0.6 is 22.9 Å². The molecule has 0 unspecified atom stereocenters. The van der Waals surface area contributed by atoms with Crippen LogP contribution in [0.25, 0.3) is 20.9 Å². The lowest BCUT2D eigenvalue weighted by Gasteiger charge is -2.09. The molecule has 2 aromatic carbocycles. The molecule has 0 aliphatic rings. The topological polar surface area (TPSA) is 54.9 Å². The summed E-state index contributed by atoms with van der Waals surface area (Å²) in [5.74, 6) is -0.165. The molecular formula is C20H14ClN3OS. The summed E-state index contributed by atoms with van der Waals surface area (Å²) < 4.78 is 0. The Labute approximate surface area is 159 Å². The number of nitrogens with zero attached hydrogens (tertiary/aromatic N) is 2. The van der Waals surface area contributed by atoms with E-state index in [-0.39, 0.29) is 5.91 Å². The molecule has 128 valence electrons. The van der Waals surface area contributed by atoms with E-state index in [2.05, 4.69) is 15.3 Å². The fraction of sp³-hybridized carbons (Fsp3) is 0.0500. The van der Waals surface area contributed by atoms with Crippen LogP contribution < -0.4 is 5.32 Å². The molecule has 26 heavy (non-hydrogen) atoms. The molecule has 0 aliphatic carbocycles. The summed E-state index contributed by atoms with van der Waals surface area (Å²) in [5.41, 5.74) is 4.21. The van der Waals surface area contributed by atoms with Crippen molar-refractivity contribution in [3.8, 4) is 10.6 Å². The van der Waals surface area contributed by atoms with E-state index in [4.69, 9.17) is 11.6 Å². The first kappa shape index (κ1) is 16.7. The van der Waals surface area contributed by atoms with Gasteiger partial charge < -0.3 is 5.32 Å². The number of carbonyl (C=O) groups excluding carboxylic acids is 1. The normalized spacial score (nSPS) is 10.8. The van der Waals surface area contributed by atoms with Crippen LogP contribution in [0.3, 0.4) is 0 Å². The molecule has 0 radical (unpaired) electrons. The Morgan fingerprint density at radius 1 is 1.12 bits per heavy atom. The van der Waals surface area contributed by atoms with Crippen LogP contribution in [0.5, 0.6) is 0 Å². The number of thiazole rings is 1. The molecule has 0 saturated carbocycles. The third-order valence-electron chi connectivity index (χ3n) is 3.99. The maximum Gasteiger partial charge on any atom is 0.255 e. The second kappa shape index (κ2) is 6.86. The number of hydrogen-bond donors (Lipinski definition) is 1. The summed E-state index contributed by atoms with van der Waals surface area (Å²) in [6, 6.07) is 16.5. The van der Waals surface area contributed by atoms with Crippen molar-refractivity contribution in [1.82, 2.24) is 9.97 Å². The lowest BCUT2D eigenvalue weighted by atomic mass is 10.1. The van der Waals surface area contributed by atoms with E-state index >= 15 is 0 Å². The largest absolute Gasteiger partial charge is 0.322 e. The van der Waals surface area contributed by atoms with Gasteiger partial charge >= 0.3 is 0 Å². The highest BCUT2D eigenvalue weighted by Crippen LogP contribution is 2.31. The molecule has 6 heteroatoms. The summed E-state index contributed by atoms with van der Waals surface area (Å²) in [6.45, 7) is 1.96. The third-order valence-corrected chi connectivity index (χ3v) is 5.27. The number of aromatic nitrogens is 2. The Morgan fingerprint density at radius 3 is 2.65 bits per heavy atom. The maximum absolute atomic E-state index is 12.4. The van der Waals surface area contributed by atoms with Gasteiger partial charge in [0.2, 0.25) is 0 Å². The van der Waals surface area contributed by atoms with Crippen LogP contribution in [0, 0.1) is 6.92 Å². The lowest BCUT2D eigenvalue weighted by molar-refractivity contribution is 0.102. The number of anilines is 1. The van der Waals surface area contributed by atoms with E-state index in [1.54, 1.807) is 41.8 Å². The predicted molar refractivity (Wildman–Crippen MR) is 107 cm³/mol. The summed E-state index contributed by atoms with van der Waals surface area (Å²) in [6.07, 6.45) is 1.77. The number of halogens is 1. The average molecular weight is 380 g/mol. The molecule has 4 nitrogen and oxygen atoms in total. The van der Waals surface area contributed by atoms with Gasteiger partial charge in [0.15, 0.2) is 0 Å². The number of pyridine rings is 1. The molecule has 2 aromatic heterocycles. The fourth-order valence-corrected chi connectivity index (χ4v) is 3.66. The van der Waals surface area contributed by atoms with Crippen molar-refractivity contribution in [3.05, 3.63) is 76.9 Å². The van der Waals surface area contributed by atoms with Gasteiger partial charge in [0.1, 0.15) is 15.4 Å². The molecule has 0 fully saturated rings. The first-order chi connectivity index (χ1) is 12.6. The van der Waals surface area contributed by atoms with Crippen molar-refractivity contribution < 1.29 is 4.79 Å². The van der Waals surface area contributed by atoms with Crippen LogP contribution in [-0.2, 0) is 0 Å². The number of benzene rings is 2. The van der Waals surface area contributed by atoms with Gasteiger partial charge in [-0.25, -0.2) is 9.97 Å². The van der Waals surface area contributed by atoms with Crippen LogP contribution in [0.2, 0.25) is 5.02 Å². The highest BCUT2D eigenvalue weighted by molar-refractivity contribution is 7.21. The molecule has 0 saturated heterocycles. The number of fused-ring (bicyclic) bond motifs is 1. The molecule has 1 amide bonds. The molecular weight excluding hydrogens is 366 g/mol. The van der Waals surface area contributed by atoms with Gasteiger partial charge in [-0.15, -0.1) is 0 Å². The van der Waals surface area contributed by atoms with Crippen LogP contribution in [0.1, 0.15) is 15.9 Å². The Balaban J connectivity index is 1.59. The Hall–Kier alpha value is -2.76. The number of hydrogen-bond acceptors (Lipinski definition) is 4. The Kier molecular flexibility index (Phi) is 4.41. The number of amides is 1. The van der Waals surface area contributed by atoms with Crippen LogP contribution in [-0.4, -0.2) is 15.9 Å². The van der Waals surface area contributed by atoms with Crippen molar-refractivity contribution in [3.63, 3.8) is 0 Å². The van der Waals surface area contributed by atoms with E-state index < -0.39 is 0 Å². The molecule has 0 atom stereocenters. The van der Waals surface area contributed by atoms with E-state index in [0.29, 0.717) is 10.6 Å². The molecule has 2 heterocycles. The minimum absolute atomic E-state index is 0.165. The number of rotatable bonds is 3. The summed E-state index contributed by atoms with van der Waals surface area (Å²) in [7, 11) is 0. The maximum atomic E-state index is 12.4. The first-order valence-corrected chi connectivity index (χ1v) is 9.19. The SMILES string of the molecule is Cc1cc(-c2nc3cccnc3s2)ccc1NC(=O)c1ccc(Cl)cc1. The van der Waals surface area contributed by atoms with Gasteiger partial charge in [-0.1, -0.05) is 22.9 Å². The highest BCUT2D eigenvalue weighted by Gasteiger charge is 2.11. The molecule has 4 aromatic rings. The standard InChI is InChI=1S/C20H14ClN3OS/c1-12-11-14(19-24-17-3-2-10-22-20(17)26-19)6-9-16(12)23-18(25)13-4-7-15(21)8-5-13/h2-11H,1H3,(H,23,25). The van der Waals surface area contributed by atoms with Crippen molar-refractivity contribution in [1.29, 1.82) is 0 Å². The number of nitrogens with one attached hydrogen (secondary N) is 1. The fourth-order valence-electron chi connectivity index (χ4n) is 2.63. The minimum Gasteiger partial charge on any atom is -0.322 e. The number of carbonyl (C=O) groups is 1. The van der Waals surface area contributed by atoms with Crippen molar-refractivity contribution in [2.45, 2.75) is 6.92 Å². The van der Waals surface area contributed by atoms with E-state index in [1.165, 1.54) is 0 Å². The van der Waals surface area contributed by atoms with Crippen molar-refractivity contribution in [2.24, 2.45) is 0 Å². The van der Waals surface area contributed by atoms with Gasteiger partial charge in [-0.2, -0.15) is 0 Å². The van der Waals surface area contributed by atoms with Crippen LogP contribution in [0.15, 0.2) is 60.8 Å². The molecule has 4 rings (SSSR count). The summed E-state index contributed by atoms with van der Waals surface area (Å²) in [4.78, 5) is 22.3. The van der Waals surface area contributed by atoms with Crippen molar-refractivity contribution >= 4 is 44.9 Å². The van der Waals surface area contributed by atoms with E-state index in [9.17, 15) is 4.79 Å². The lowest BCUT2D eigenvalue weighted by Crippen LogP contribution is -2.12. The summed E-state index contributed by atoms with van der Waals surface area (Å²) in [5, 5.41) is 4.46. The highest BCUT2D eigenvalue weighted by atomic mass is 35.5. The minimum atomic E-state index is -0.165. The first-order valence-electron chi connectivity index (χ1n) is 8.00. The Bertz CT molecular complexity index is 1070. The zero-order valence-corrected chi connectivity index (χ0v) is 15.4. The molecule has 1 N–H and O–H groups in total. The molecule has 0 bridgehead atoms. The molecule has 0 spiro atoms. The van der Waals surface area contributed by atoms with E-state index in [1.807, 2.05) is 37.3 Å². The Morgan fingerprint density at radius 2 is 1.92 bits per heavy atom. The monoisotopic (exact) mass is 379 g/mol. The zero-order chi connectivity index (χ0) is 18.1. The molecule has 0 aliphatic heterocycles. The predicted octanol–water partition coefficient (Wildman–Crippen LogP) is 5.57. The second-order valence-electron chi connectivity index (χ2n) is 5.84.